The lowest BCUT2D eigenvalue weighted by atomic mass is 10.2. The molecule has 0 unspecified atom stereocenters. The number of nitrogens with zero attached hydrogens (tertiary/aromatic N) is 2. The largest absolute Gasteiger partial charge is 0.327 e. The van der Waals surface area contributed by atoms with Crippen LogP contribution >= 0.6 is 39.1 Å². The average Bonchev–Trinajstić information content (AvgIpc) is 2.90. The van der Waals surface area contributed by atoms with Crippen molar-refractivity contribution in [2.24, 2.45) is 0 Å². The minimum Gasteiger partial charge on any atom is -0.327 e. The van der Waals surface area contributed by atoms with Crippen LogP contribution < -0.4 is 0 Å². The fraction of sp³-hybridized carbons (Fsp3) is 0.0625. The van der Waals surface area contributed by atoms with Gasteiger partial charge in [-0.25, -0.2) is 9.37 Å². The number of hydrogen-bond donors (Lipinski definition) is 0. The first-order valence-electron chi connectivity index (χ1n) is 6.44. The minimum atomic E-state index is -0.281. The van der Waals surface area contributed by atoms with Gasteiger partial charge in [-0.05, 0) is 51.8 Å². The third-order valence-electron chi connectivity index (χ3n) is 3.17. The average molecular weight is 400 g/mol. The van der Waals surface area contributed by atoms with E-state index in [2.05, 4.69) is 20.9 Å². The predicted octanol–water partition coefficient (Wildman–Crippen LogP) is 5.81. The molecular formula is C16H10BrCl2FN2. The van der Waals surface area contributed by atoms with E-state index in [1.54, 1.807) is 24.4 Å². The van der Waals surface area contributed by atoms with Crippen LogP contribution in [0, 0.1) is 5.82 Å². The Kier molecular flexibility index (Phi) is 4.52. The Morgan fingerprint density at radius 2 is 1.82 bits per heavy atom. The van der Waals surface area contributed by atoms with Gasteiger partial charge in [0.25, 0.3) is 0 Å². The van der Waals surface area contributed by atoms with E-state index in [0.717, 1.165) is 17.0 Å². The number of benzene rings is 2. The van der Waals surface area contributed by atoms with Crippen LogP contribution in [0.1, 0.15) is 5.56 Å². The molecule has 0 bridgehead atoms. The molecule has 22 heavy (non-hydrogen) atoms. The fourth-order valence-corrected chi connectivity index (χ4v) is 3.17. The molecule has 0 aliphatic heterocycles. The molecule has 3 aromatic rings. The molecule has 0 atom stereocenters. The van der Waals surface area contributed by atoms with E-state index in [9.17, 15) is 4.39 Å². The highest BCUT2D eigenvalue weighted by Crippen LogP contribution is 2.27. The molecule has 0 amide bonds. The Balaban J connectivity index is 1.96. The third-order valence-corrected chi connectivity index (χ3v) is 4.22. The SMILES string of the molecule is Fc1ccc(Cn2ccnc2-c2cc(Cl)cc(Cl)c2)cc1Br. The van der Waals surface area contributed by atoms with Crippen molar-refractivity contribution in [1.82, 2.24) is 9.55 Å². The van der Waals surface area contributed by atoms with Crippen molar-refractivity contribution in [3.63, 3.8) is 0 Å². The zero-order valence-corrected chi connectivity index (χ0v) is 14.3. The molecular weight excluding hydrogens is 390 g/mol. The van der Waals surface area contributed by atoms with Gasteiger partial charge < -0.3 is 4.57 Å². The van der Waals surface area contributed by atoms with Crippen LogP contribution in [0.2, 0.25) is 10.0 Å². The molecule has 0 fully saturated rings. The van der Waals surface area contributed by atoms with Gasteiger partial charge in [0.1, 0.15) is 11.6 Å². The van der Waals surface area contributed by atoms with E-state index >= 15 is 0 Å². The topological polar surface area (TPSA) is 17.8 Å². The van der Waals surface area contributed by atoms with Crippen molar-refractivity contribution >= 4 is 39.1 Å². The molecule has 3 rings (SSSR count). The summed E-state index contributed by atoms with van der Waals surface area (Å²) >= 11 is 15.3. The molecule has 0 saturated heterocycles. The zero-order chi connectivity index (χ0) is 15.7. The molecule has 112 valence electrons. The van der Waals surface area contributed by atoms with E-state index in [-0.39, 0.29) is 5.82 Å². The maximum Gasteiger partial charge on any atom is 0.140 e. The normalized spacial score (nSPS) is 10.9. The van der Waals surface area contributed by atoms with E-state index in [0.29, 0.717) is 21.1 Å². The summed E-state index contributed by atoms with van der Waals surface area (Å²) in [5, 5.41) is 1.11. The molecule has 0 spiro atoms. The zero-order valence-electron chi connectivity index (χ0n) is 11.2. The first kappa shape index (κ1) is 15.5. The molecule has 1 heterocycles. The van der Waals surface area contributed by atoms with Crippen molar-refractivity contribution in [1.29, 1.82) is 0 Å². The Bertz CT molecular complexity index is 813. The summed E-state index contributed by atoms with van der Waals surface area (Å²) < 4.78 is 15.7. The van der Waals surface area contributed by atoms with Crippen LogP contribution in [0.3, 0.4) is 0 Å². The van der Waals surface area contributed by atoms with Crippen LogP contribution in [0.5, 0.6) is 0 Å². The molecule has 0 saturated carbocycles. The van der Waals surface area contributed by atoms with Gasteiger partial charge in [-0.1, -0.05) is 29.3 Å². The maximum atomic E-state index is 13.3. The van der Waals surface area contributed by atoms with Crippen LogP contribution in [0.25, 0.3) is 11.4 Å². The van der Waals surface area contributed by atoms with E-state index < -0.39 is 0 Å². The molecule has 6 heteroatoms. The van der Waals surface area contributed by atoms with Crippen LogP contribution in [0.15, 0.2) is 53.3 Å². The van der Waals surface area contributed by atoms with Crippen molar-refractivity contribution in [2.45, 2.75) is 6.54 Å². The van der Waals surface area contributed by atoms with E-state index in [1.165, 1.54) is 6.07 Å². The number of rotatable bonds is 3. The van der Waals surface area contributed by atoms with Crippen molar-refractivity contribution in [3.05, 3.63) is 74.7 Å². The lowest BCUT2D eigenvalue weighted by Gasteiger charge is -2.09. The second-order valence-electron chi connectivity index (χ2n) is 4.79. The van der Waals surface area contributed by atoms with E-state index in [1.807, 2.05) is 22.9 Å². The highest BCUT2D eigenvalue weighted by molar-refractivity contribution is 9.10. The van der Waals surface area contributed by atoms with Crippen molar-refractivity contribution in [3.8, 4) is 11.4 Å². The number of aromatic nitrogens is 2. The summed E-state index contributed by atoms with van der Waals surface area (Å²) in [4.78, 5) is 4.36. The third kappa shape index (κ3) is 3.35. The summed E-state index contributed by atoms with van der Waals surface area (Å²) in [6.07, 6.45) is 3.57. The molecule has 2 nitrogen and oxygen atoms in total. The summed E-state index contributed by atoms with van der Waals surface area (Å²) in [6.45, 7) is 0.568. The van der Waals surface area contributed by atoms with E-state index in [4.69, 9.17) is 23.2 Å². The summed E-state index contributed by atoms with van der Waals surface area (Å²) in [7, 11) is 0. The van der Waals surface area contributed by atoms with Gasteiger partial charge in [-0.2, -0.15) is 0 Å². The first-order valence-corrected chi connectivity index (χ1v) is 7.99. The van der Waals surface area contributed by atoms with Crippen LogP contribution in [0.4, 0.5) is 4.39 Å². The number of halogens is 4. The Morgan fingerprint density at radius 3 is 2.50 bits per heavy atom. The Hall–Kier alpha value is -1.36. The monoisotopic (exact) mass is 398 g/mol. The van der Waals surface area contributed by atoms with Gasteiger partial charge >= 0.3 is 0 Å². The van der Waals surface area contributed by atoms with Gasteiger partial charge in [-0.15, -0.1) is 0 Å². The first-order chi connectivity index (χ1) is 10.5. The maximum absolute atomic E-state index is 13.3. The molecule has 2 aromatic carbocycles. The second-order valence-corrected chi connectivity index (χ2v) is 6.51. The van der Waals surface area contributed by atoms with Gasteiger partial charge in [0, 0.05) is 34.5 Å². The molecule has 0 aliphatic carbocycles. The van der Waals surface area contributed by atoms with Gasteiger partial charge in [0.2, 0.25) is 0 Å². The Labute approximate surface area is 145 Å². The predicted molar refractivity (Wildman–Crippen MR) is 90.9 cm³/mol. The standard InChI is InChI=1S/C16H10BrCl2FN2/c17-14-5-10(1-2-15(14)20)9-22-4-3-21-16(22)11-6-12(18)8-13(19)7-11/h1-8H,9H2. The molecule has 0 N–H and O–H groups in total. The summed E-state index contributed by atoms with van der Waals surface area (Å²) in [6, 6.07) is 10.2. The van der Waals surface area contributed by atoms with Gasteiger partial charge in [-0.3, -0.25) is 0 Å². The fourth-order valence-electron chi connectivity index (χ4n) is 2.21. The summed E-state index contributed by atoms with van der Waals surface area (Å²) in [5.41, 5.74) is 1.80. The number of hydrogen-bond acceptors (Lipinski definition) is 1. The summed E-state index contributed by atoms with van der Waals surface area (Å²) in [5.74, 6) is 0.473. The molecule has 0 aliphatic rings. The minimum absolute atomic E-state index is 0.281. The van der Waals surface area contributed by atoms with Gasteiger partial charge in [0.05, 0.1) is 4.47 Å². The van der Waals surface area contributed by atoms with Crippen LogP contribution in [-0.4, -0.2) is 9.55 Å². The second kappa shape index (κ2) is 6.41. The highest BCUT2D eigenvalue weighted by atomic mass is 79.9. The molecule has 1 aromatic heterocycles. The Morgan fingerprint density at radius 1 is 1.09 bits per heavy atom. The molecule has 0 radical (unpaired) electrons. The smallest absolute Gasteiger partial charge is 0.140 e. The van der Waals surface area contributed by atoms with Gasteiger partial charge in [0.15, 0.2) is 0 Å². The van der Waals surface area contributed by atoms with Crippen molar-refractivity contribution < 1.29 is 4.39 Å². The van der Waals surface area contributed by atoms with Crippen LogP contribution in [-0.2, 0) is 6.54 Å². The lowest BCUT2D eigenvalue weighted by Crippen LogP contribution is -2.01. The van der Waals surface area contributed by atoms with Crippen molar-refractivity contribution in [2.75, 3.05) is 0 Å². The number of imidazole rings is 1. The quantitative estimate of drug-likeness (QED) is 0.543. The lowest BCUT2D eigenvalue weighted by molar-refractivity contribution is 0.619. The highest BCUT2D eigenvalue weighted by Gasteiger charge is 2.09.